The van der Waals surface area contributed by atoms with Crippen molar-refractivity contribution in [2.45, 2.75) is 45.1 Å². The number of aliphatic carboxylic acids is 1. The van der Waals surface area contributed by atoms with Gasteiger partial charge in [-0.15, -0.1) is 0 Å². The summed E-state index contributed by atoms with van der Waals surface area (Å²) in [5.41, 5.74) is -5.35. The van der Waals surface area contributed by atoms with E-state index < -0.39 is 89.2 Å². The quantitative estimate of drug-likeness (QED) is 0.140. The number of alkyl halides is 3. The van der Waals surface area contributed by atoms with Gasteiger partial charge in [0.15, 0.2) is 11.6 Å². The molecule has 0 radical (unpaired) electrons. The molecule has 1 N–H and O–H groups in total. The minimum Gasteiger partial charge on any atom is -0.550 e. The maximum atomic E-state index is 15.8. The predicted octanol–water partition coefficient (Wildman–Crippen LogP) is 1.20. The number of nitrogens with one attached hydrogen (secondary N) is 1. The Morgan fingerprint density at radius 1 is 1.02 bits per heavy atom. The number of halogens is 5. The minimum atomic E-state index is -5.02. The Morgan fingerprint density at radius 2 is 1.72 bits per heavy atom. The van der Waals surface area contributed by atoms with Gasteiger partial charge in [-0.2, -0.15) is 13.2 Å². The maximum absolute atomic E-state index is 15.8. The number of hydrogen-bond donors (Lipinski definition) is 1. The molecule has 0 unspecified atom stereocenters. The van der Waals surface area contributed by atoms with E-state index in [4.69, 9.17) is 8.85 Å². The van der Waals surface area contributed by atoms with Crippen LogP contribution in [0.15, 0.2) is 76.3 Å². The Labute approximate surface area is 287 Å². The second kappa shape index (κ2) is 15.7. The fraction of sp³-hybridized carbons (Fsp3) is 0.281. The van der Waals surface area contributed by atoms with E-state index in [1.807, 2.05) is 0 Å². The largest absolute Gasteiger partial charge is 1.00 e. The monoisotopic (exact) mass is 656 g/mol. The molecule has 0 saturated carbocycles. The Hall–Kier alpha value is -3.78. The zero-order valence-corrected chi connectivity index (χ0v) is 26.8. The van der Waals surface area contributed by atoms with Gasteiger partial charge < -0.3 is 20.0 Å². The van der Waals surface area contributed by atoms with Crippen LogP contribution in [0.3, 0.4) is 0 Å². The maximum Gasteiger partial charge on any atom is 1.00 e. The molecule has 0 fully saturated rings. The zero-order chi connectivity index (χ0) is 35.4. The SMILES string of the molecule is [2H]C([2H])([2H])Oc1cccc(-c2c(C)n(Cc3c(F)cccc3C(F)(F)F)c(=O)n(C[C@H](NCCCC(=O)[O-])c3ccccc3)c2=O)c1F.[Na+]. The molecule has 0 saturated heterocycles. The van der Waals surface area contributed by atoms with Crippen LogP contribution in [0.5, 0.6) is 5.75 Å². The Bertz CT molecular complexity index is 1920. The molecule has 0 amide bonds. The van der Waals surface area contributed by atoms with Crippen LogP contribution in [0, 0.1) is 18.6 Å². The van der Waals surface area contributed by atoms with E-state index >= 15 is 4.39 Å². The second-order valence-corrected chi connectivity index (χ2v) is 10.1. The van der Waals surface area contributed by atoms with E-state index in [0.29, 0.717) is 20.8 Å². The third-order valence-electron chi connectivity index (χ3n) is 7.29. The minimum absolute atomic E-state index is 0. The summed E-state index contributed by atoms with van der Waals surface area (Å²) in [7, 11) is -3.09. The molecule has 1 heterocycles. The standard InChI is InChI=1S/C32H30F5N3O5.Na/c1-19-28(21-11-6-14-26(45-2)29(21)34)30(43)40(18-25(20-9-4-3-5-10-20)38-16-8-15-27(41)42)31(44)39(19)17-22-23(32(35,36)37)12-7-13-24(22)33;/h3-7,9-14,25,38H,8,15-18H2,1-2H3,(H,41,42);/q;+1/p-1/t25-;/m0./s1/i2D3;. The first kappa shape index (κ1) is 32.2. The molecule has 0 aliphatic rings. The van der Waals surface area contributed by atoms with Crippen molar-refractivity contribution in [3.8, 4) is 16.9 Å². The van der Waals surface area contributed by atoms with Gasteiger partial charge in [0.2, 0.25) is 0 Å². The van der Waals surface area contributed by atoms with Gasteiger partial charge in [-0.3, -0.25) is 13.9 Å². The van der Waals surface area contributed by atoms with Gasteiger partial charge in [0.1, 0.15) is 5.82 Å². The first-order valence-electron chi connectivity index (χ1n) is 15.1. The predicted molar refractivity (Wildman–Crippen MR) is 154 cm³/mol. The summed E-state index contributed by atoms with van der Waals surface area (Å²) in [6.45, 7) is -0.235. The van der Waals surface area contributed by atoms with Gasteiger partial charge in [-0.25, -0.2) is 13.6 Å². The van der Waals surface area contributed by atoms with Gasteiger partial charge >= 0.3 is 41.4 Å². The number of benzene rings is 3. The Morgan fingerprint density at radius 3 is 2.37 bits per heavy atom. The first-order valence-corrected chi connectivity index (χ1v) is 13.6. The molecule has 0 aliphatic carbocycles. The first-order chi connectivity index (χ1) is 22.5. The molecular formula is C32H29F5N3NaO5. The van der Waals surface area contributed by atoms with Gasteiger partial charge in [-0.1, -0.05) is 48.5 Å². The molecule has 4 aromatic rings. The number of rotatable bonds is 12. The molecule has 1 aromatic heterocycles. The number of carboxylic acids is 1. The average Bonchev–Trinajstić information content (AvgIpc) is 3.00. The molecule has 0 bridgehead atoms. The van der Waals surface area contributed by atoms with Crippen LogP contribution < -0.4 is 56.0 Å². The molecule has 4 rings (SSSR count). The molecule has 46 heavy (non-hydrogen) atoms. The fourth-order valence-corrected chi connectivity index (χ4v) is 5.05. The molecule has 238 valence electrons. The van der Waals surface area contributed by atoms with Crippen molar-refractivity contribution < 1.29 is 70.3 Å². The van der Waals surface area contributed by atoms with Crippen molar-refractivity contribution in [1.82, 2.24) is 14.5 Å². The van der Waals surface area contributed by atoms with Gasteiger partial charge in [0, 0.05) is 22.8 Å². The number of aromatic nitrogens is 2. The Kier molecular flexibility index (Phi) is 11.0. The third-order valence-corrected chi connectivity index (χ3v) is 7.29. The normalized spacial score (nSPS) is 13.2. The number of carboxylic acid groups (broad SMARTS) is 1. The topological polar surface area (TPSA) is 105 Å². The van der Waals surface area contributed by atoms with E-state index in [2.05, 4.69) is 5.32 Å². The number of carbonyl (C=O) groups excluding carboxylic acids is 1. The summed E-state index contributed by atoms with van der Waals surface area (Å²) in [4.78, 5) is 39.0. The third kappa shape index (κ3) is 8.13. The number of hydrogen-bond acceptors (Lipinski definition) is 6. The summed E-state index contributed by atoms with van der Waals surface area (Å²) in [5.74, 6) is -4.65. The van der Waals surface area contributed by atoms with Crippen molar-refractivity contribution in [3.05, 3.63) is 122 Å². The molecule has 0 aliphatic heterocycles. The van der Waals surface area contributed by atoms with Crippen LogP contribution >= 0.6 is 0 Å². The number of methoxy groups -OCH3 is 1. The van der Waals surface area contributed by atoms with Crippen molar-refractivity contribution in [2.75, 3.05) is 13.6 Å². The molecule has 14 heteroatoms. The molecule has 0 spiro atoms. The van der Waals surface area contributed by atoms with Crippen LogP contribution in [-0.2, 0) is 24.1 Å². The van der Waals surface area contributed by atoms with Crippen molar-refractivity contribution in [3.63, 3.8) is 0 Å². The molecular weight excluding hydrogens is 624 g/mol. The Balaban J connectivity index is 0.00000650. The van der Waals surface area contributed by atoms with E-state index in [0.717, 1.165) is 24.3 Å². The number of ether oxygens (including phenoxy) is 1. The van der Waals surface area contributed by atoms with Crippen LogP contribution in [-0.4, -0.2) is 28.7 Å². The van der Waals surface area contributed by atoms with Crippen LogP contribution in [0.4, 0.5) is 22.0 Å². The smallest absolute Gasteiger partial charge is 0.550 e. The van der Waals surface area contributed by atoms with Gasteiger partial charge in [0.25, 0.3) is 5.56 Å². The van der Waals surface area contributed by atoms with E-state index in [-0.39, 0.29) is 54.6 Å². The van der Waals surface area contributed by atoms with E-state index in [1.165, 1.54) is 13.0 Å². The second-order valence-electron chi connectivity index (χ2n) is 10.1. The summed E-state index contributed by atoms with van der Waals surface area (Å²) in [5, 5.41) is 14.0. The molecule has 3 aromatic carbocycles. The summed E-state index contributed by atoms with van der Waals surface area (Å²) >= 11 is 0. The summed E-state index contributed by atoms with van der Waals surface area (Å²) in [6, 6.07) is 13.0. The summed E-state index contributed by atoms with van der Waals surface area (Å²) < 4.78 is 101. The van der Waals surface area contributed by atoms with E-state index in [9.17, 15) is 37.1 Å². The molecule has 1 atom stereocenters. The summed E-state index contributed by atoms with van der Waals surface area (Å²) in [6.07, 6.45) is -5.21. The van der Waals surface area contributed by atoms with Gasteiger partial charge in [-0.05, 0) is 50.1 Å². The number of nitrogens with zero attached hydrogens (tertiary/aromatic N) is 2. The average molecular weight is 657 g/mol. The molecule has 8 nitrogen and oxygen atoms in total. The number of carbonyl (C=O) groups is 1. The zero-order valence-electron chi connectivity index (χ0n) is 27.8. The van der Waals surface area contributed by atoms with E-state index in [1.54, 1.807) is 30.3 Å². The van der Waals surface area contributed by atoms with Gasteiger partial charge in [0.05, 0.1) is 41.4 Å². The van der Waals surface area contributed by atoms with Crippen LogP contribution in [0.1, 0.15) is 45.4 Å². The van der Waals surface area contributed by atoms with Crippen molar-refractivity contribution >= 4 is 5.97 Å². The van der Waals surface area contributed by atoms with Crippen LogP contribution in [0.25, 0.3) is 11.1 Å². The fourth-order valence-electron chi connectivity index (χ4n) is 5.05. The van der Waals surface area contributed by atoms with Crippen LogP contribution in [0.2, 0.25) is 0 Å². The van der Waals surface area contributed by atoms with Crippen molar-refractivity contribution in [2.24, 2.45) is 0 Å². The van der Waals surface area contributed by atoms with Crippen molar-refractivity contribution in [1.29, 1.82) is 0 Å².